The second-order valence-corrected chi connectivity index (χ2v) is 8.73. The summed E-state index contributed by atoms with van der Waals surface area (Å²) >= 11 is 0. The molecule has 1 atom stereocenters. The Labute approximate surface area is 176 Å². The largest absolute Gasteiger partial charge is 0.352 e. The minimum atomic E-state index is -4.23. The van der Waals surface area contributed by atoms with Crippen molar-refractivity contribution in [1.29, 1.82) is 0 Å². The Hall–Kier alpha value is -2.78. The number of hydrogen-bond acceptors (Lipinski definition) is 4. The molecule has 0 fully saturated rings. The van der Waals surface area contributed by atoms with Crippen LogP contribution >= 0.6 is 0 Å². The van der Waals surface area contributed by atoms with E-state index in [2.05, 4.69) is 15.4 Å². The van der Waals surface area contributed by atoms with Crippen molar-refractivity contribution in [3.05, 3.63) is 65.5 Å². The van der Waals surface area contributed by atoms with Gasteiger partial charge in [-0.3, -0.25) is 9.59 Å². The third-order valence-corrected chi connectivity index (χ3v) is 5.83. The smallest absolute Gasteiger partial charge is 0.251 e. The first-order valence-corrected chi connectivity index (χ1v) is 11.1. The van der Waals surface area contributed by atoms with Gasteiger partial charge >= 0.3 is 0 Å². The van der Waals surface area contributed by atoms with Gasteiger partial charge in [0.05, 0.1) is 0 Å². The lowest BCUT2D eigenvalue weighted by atomic mass is 10.0. The van der Waals surface area contributed by atoms with Crippen molar-refractivity contribution < 1.29 is 22.4 Å². The minimum Gasteiger partial charge on any atom is -0.352 e. The van der Waals surface area contributed by atoms with Gasteiger partial charge in [0.15, 0.2) is 0 Å². The van der Waals surface area contributed by atoms with E-state index >= 15 is 0 Å². The molecule has 9 heteroatoms. The Balaban J connectivity index is 2.11. The number of amides is 2. The first-order chi connectivity index (χ1) is 14.2. The van der Waals surface area contributed by atoms with Gasteiger partial charge in [0.2, 0.25) is 15.9 Å². The Kier molecular flexibility index (Phi) is 8.08. The highest BCUT2D eigenvalue weighted by molar-refractivity contribution is 7.89. The molecule has 0 saturated heterocycles. The summed E-state index contributed by atoms with van der Waals surface area (Å²) in [6.45, 7) is 5.79. The SMILES string of the molecule is CCNC(=O)c1cccc(CNC(=O)[C@@H](NS(=O)(=O)c2ccccc2F)C(C)C)c1. The van der Waals surface area contributed by atoms with Gasteiger partial charge in [0.1, 0.15) is 16.8 Å². The van der Waals surface area contributed by atoms with Crippen LogP contribution in [0, 0.1) is 11.7 Å². The number of benzene rings is 2. The van der Waals surface area contributed by atoms with Crippen molar-refractivity contribution in [1.82, 2.24) is 15.4 Å². The summed E-state index contributed by atoms with van der Waals surface area (Å²) < 4.78 is 41.3. The van der Waals surface area contributed by atoms with Gasteiger partial charge in [-0.05, 0) is 42.7 Å². The minimum absolute atomic E-state index is 0.108. The van der Waals surface area contributed by atoms with Crippen LogP contribution in [0.15, 0.2) is 53.4 Å². The van der Waals surface area contributed by atoms with Crippen LogP contribution in [0.1, 0.15) is 36.7 Å². The molecular weight excluding hydrogens is 409 g/mol. The van der Waals surface area contributed by atoms with Gasteiger partial charge in [0.25, 0.3) is 5.91 Å². The number of carbonyl (C=O) groups excluding carboxylic acids is 2. The predicted octanol–water partition coefficient (Wildman–Crippen LogP) is 2.19. The highest BCUT2D eigenvalue weighted by atomic mass is 32.2. The molecule has 0 bridgehead atoms. The van der Waals surface area contributed by atoms with Crippen molar-refractivity contribution in [2.45, 2.75) is 38.3 Å². The molecule has 3 N–H and O–H groups in total. The lowest BCUT2D eigenvalue weighted by Gasteiger charge is -2.22. The molecule has 2 aromatic rings. The fourth-order valence-electron chi connectivity index (χ4n) is 2.77. The second kappa shape index (κ2) is 10.3. The van der Waals surface area contributed by atoms with Crippen LogP contribution in [-0.4, -0.2) is 32.8 Å². The van der Waals surface area contributed by atoms with Crippen molar-refractivity contribution in [2.24, 2.45) is 5.92 Å². The molecule has 0 heterocycles. The summed E-state index contributed by atoms with van der Waals surface area (Å²) in [4.78, 5) is 24.1. The topological polar surface area (TPSA) is 104 Å². The number of carbonyl (C=O) groups is 2. The molecule has 0 aliphatic carbocycles. The lowest BCUT2D eigenvalue weighted by molar-refractivity contribution is -0.123. The predicted molar refractivity (Wildman–Crippen MR) is 112 cm³/mol. The molecule has 162 valence electrons. The maximum absolute atomic E-state index is 13.9. The van der Waals surface area contributed by atoms with E-state index in [4.69, 9.17) is 0 Å². The van der Waals surface area contributed by atoms with Gasteiger partial charge in [-0.1, -0.05) is 38.1 Å². The maximum atomic E-state index is 13.9. The van der Waals surface area contributed by atoms with E-state index in [1.807, 2.05) is 6.92 Å². The Morgan fingerprint density at radius 1 is 1.03 bits per heavy atom. The highest BCUT2D eigenvalue weighted by Crippen LogP contribution is 2.15. The molecule has 0 aliphatic heterocycles. The third kappa shape index (κ3) is 6.11. The van der Waals surface area contributed by atoms with E-state index in [9.17, 15) is 22.4 Å². The highest BCUT2D eigenvalue weighted by Gasteiger charge is 2.29. The Bertz CT molecular complexity index is 1010. The maximum Gasteiger partial charge on any atom is 0.251 e. The van der Waals surface area contributed by atoms with E-state index in [1.54, 1.807) is 38.1 Å². The lowest BCUT2D eigenvalue weighted by Crippen LogP contribution is -2.49. The van der Waals surface area contributed by atoms with Crippen LogP contribution in [0.25, 0.3) is 0 Å². The van der Waals surface area contributed by atoms with Gasteiger partial charge in [0, 0.05) is 18.7 Å². The van der Waals surface area contributed by atoms with Crippen LogP contribution in [0.4, 0.5) is 4.39 Å². The number of halogens is 1. The molecule has 2 aromatic carbocycles. The van der Waals surface area contributed by atoms with E-state index in [1.165, 1.54) is 12.1 Å². The van der Waals surface area contributed by atoms with E-state index in [0.29, 0.717) is 17.7 Å². The summed E-state index contributed by atoms with van der Waals surface area (Å²) in [7, 11) is -4.23. The third-order valence-electron chi connectivity index (χ3n) is 4.35. The van der Waals surface area contributed by atoms with Gasteiger partial charge in [-0.2, -0.15) is 4.72 Å². The molecular formula is C21H26FN3O4S. The summed E-state index contributed by atoms with van der Waals surface area (Å²) in [6, 6.07) is 10.6. The molecule has 2 rings (SSSR count). The molecule has 0 radical (unpaired) electrons. The summed E-state index contributed by atoms with van der Waals surface area (Å²) in [5.74, 6) is -2.04. The first-order valence-electron chi connectivity index (χ1n) is 9.57. The monoisotopic (exact) mass is 435 g/mol. The van der Waals surface area contributed by atoms with Crippen LogP contribution in [0.5, 0.6) is 0 Å². The van der Waals surface area contributed by atoms with Crippen molar-refractivity contribution in [3.63, 3.8) is 0 Å². The van der Waals surface area contributed by atoms with Crippen LogP contribution in [0.3, 0.4) is 0 Å². The molecule has 0 aromatic heterocycles. The summed E-state index contributed by atoms with van der Waals surface area (Å²) in [6.07, 6.45) is 0. The zero-order chi connectivity index (χ0) is 22.3. The van der Waals surface area contributed by atoms with Crippen LogP contribution in [-0.2, 0) is 21.4 Å². The zero-order valence-electron chi connectivity index (χ0n) is 17.1. The fourth-order valence-corrected chi connectivity index (χ4v) is 4.19. The molecule has 0 saturated carbocycles. The van der Waals surface area contributed by atoms with E-state index in [0.717, 1.165) is 12.1 Å². The van der Waals surface area contributed by atoms with Crippen LogP contribution < -0.4 is 15.4 Å². The van der Waals surface area contributed by atoms with E-state index < -0.39 is 32.7 Å². The number of hydrogen-bond donors (Lipinski definition) is 3. The number of nitrogens with one attached hydrogen (secondary N) is 3. The van der Waals surface area contributed by atoms with Crippen LogP contribution in [0.2, 0.25) is 0 Å². The fraction of sp³-hybridized carbons (Fsp3) is 0.333. The van der Waals surface area contributed by atoms with Crippen molar-refractivity contribution in [3.8, 4) is 0 Å². The quantitative estimate of drug-likeness (QED) is 0.562. The molecule has 0 aliphatic rings. The Morgan fingerprint density at radius 2 is 1.73 bits per heavy atom. The van der Waals surface area contributed by atoms with Gasteiger partial charge in [-0.15, -0.1) is 0 Å². The zero-order valence-corrected chi connectivity index (χ0v) is 17.9. The van der Waals surface area contributed by atoms with Crippen molar-refractivity contribution in [2.75, 3.05) is 6.54 Å². The molecule has 7 nitrogen and oxygen atoms in total. The van der Waals surface area contributed by atoms with Gasteiger partial charge < -0.3 is 10.6 Å². The Morgan fingerprint density at radius 3 is 2.37 bits per heavy atom. The van der Waals surface area contributed by atoms with E-state index in [-0.39, 0.29) is 18.4 Å². The number of rotatable bonds is 9. The molecule has 0 spiro atoms. The second-order valence-electron chi connectivity index (χ2n) is 7.05. The summed E-state index contributed by atoms with van der Waals surface area (Å²) in [5, 5.41) is 5.38. The standard InChI is InChI=1S/C21H26FN3O4S/c1-4-23-20(26)16-9-7-8-15(12-16)13-24-21(27)19(14(2)3)25-30(28,29)18-11-6-5-10-17(18)22/h5-12,14,19,25H,4,13H2,1-3H3,(H,23,26)(H,24,27)/t19-/m0/s1. The normalized spacial score (nSPS) is 12.4. The average molecular weight is 436 g/mol. The molecule has 0 unspecified atom stereocenters. The first kappa shape index (κ1) is 23.5. The average Bonchev–Trinajstić information content (AvgIpc) is 2.70. The van der Waals surface area contributed by atoms with Gasteiger partial charge in [-0.25, -0.2) is 12.8 Å². The summed E-state index contributed by atoms with van der Waals surface area (Å²) in [5.41, 5.74) is 1.15. The molecule has 2 amide bonds. The molecule has 30 heavy (non-hydrogen) atoms. The van der Waals surface area contributed by atoms with Crippen molar-refractivity contribution >= 4 is 21.8 Å². The number of sulfonamides is 1.